The van der Waals surface area contributed by atoms with Crippen LogP contribution >= 0.6 is 0 Å². The van der Waals surface area contributed by atoms with E-state index in [9.17, 15) is 4.79 Å². The zero-order valence-corrected chi connectivity index (χ0v) is 7.82. The summed E-state index contributed by atoms with van der Waals surface area (Å²) >= 11 is 0. The fourth-order valence-corrected chi connectivity index (χ4v) is 1.31. The fourth-order valence-electron chi connectivity index (χ4n) is 1.31. The number of fused-ring (bicyclic) bond motifs is 1. The summed E-state index contributed by atoms with van der Waals surface area (Å²) in [7, 11) is 0. The lowest BCUT2D eigenvalue weighted by molar-refractivity contribution is -0.119. The lowest BCUT2D eigenvalue weighted by Gasteiger charge is -2.00. The van der Waals surface area contributed by atoms with Gasteiger partial charge in [-0.25, -0.2) is 4.98 Å². The zero-order chi connectivity index (χ0) is 10.1. The molecule has 1 atom stereocenters. The Bertz CT molecular complexity index is 442. The van der Waals surface area contributed by atoms with Gasteiger partial charge in [-0.3, -0.25) is 4.79 Å². The molecule has 2 aromatic rings. The molecular weight excluding hydrogens is 178 g/mol. The van der Waals surface area contributed by atoms with Crippen molar-refractivity contribution >= 4 is 16.9 Å². The van der Waals surface area contributed by atoms with E-state index >= 15 is 0 Å². The van der Waals surface area contributed by atoms with Gasteiger partial charge in [0, 0.05) is 0 Å². The summed E-state index contributed by atoms with van der Waals surface area (Å²) in [4.78, 5) is 18.3. The molecule has 0 fully saturated rings. The smallest absolute Gasteiger partial charge is 0.227 e. The number of carbonyl (C=O) groups excluding carboxylic acids is 1. The Labute approximate surface area is 81.1 Å². The highest BCUT2D eigenvalue weighted by molar-refractivity contribution is 5.82. The first-order chi connectivity index (χ1) is 6.68. The molecule has 72 valence electrons. The van der Waals surface area contributed by atoms with Crippen LogP contribution in [-0.2, 0) is 4.79 Å². The van der Waals surface area contributed by atoms with Crippen LogP contribution in [0.1, 0.15) is 18.7 Å². The number of aromatic nitrogens is 2. The number of nitrogens with zero attached hydrogens (tertiary/aromatic N) is 1. The lowest BCUT2D eigenvalue weighted by Crippen LogP contribution is -2.19. The zero-order valence-electron chi connectivity index (χ0n) is 7.82. The average Bonchev–Trinajstić information content (AvgIpc) is 2.59. The Kier molecular flexibility index (Phi) is 1.96. The number of imidazole rings is 1. The molecule has 14 heavy (non-hydrogen) atoms. The van der Waals surface area contributed by atoms with Gasteiger partial charge >= 0.3 is 0 Å². The van der Waals surface area contributed by atoms with Crippen molar-refractivity contribution in [2.45, 2.75) is 12.8 Å². The van der Waals surface area contributed by atoms with Crippen molar-refractivity contribution in [1.29, 1.82) is 0 Å². The van der Waals surface area contributed by atoms with Gasteiger partial charge in [-0.2, -0.15) is 0 Å². The number of H-pyrrole nitrogens is 1. The second kappa shape index (κ2) is 3.14. The van der Waals surface area contributed by atoms with Gasteiger partial charge in [0.1, 0.15) is 5.82 Å². The molecule has 0 aliphatic carbocycles. The first kappa shape index (κ1) is 8.74. The fraction of sp³-hybridized carbons (Fsp3) is 0.200. The maximum atomic E-state index is 10.9. The van der Waals surface area contributed by atoms with Gasteiger partial charge in [-0.1, -0.05) is 12.1 Å². The van der Waals surface area contributed by atoms with Gasteiger partial charge in [0.2, 0.25) is 5.91 Å². The molecule has 0 bridgehead atoms. The topological polar surface area (TPSA) is 71.8 Å². The molecular formula is C10H11N3O. The minimum Gasteiger partial charge on any atom is -0.369 e. The van der Waals surface area contributed by atoms with Crippen molar-refractivity contribution in [2.75, 3.05) is 0 Å². The number of benzene rings is 1. The van der Waals surface area contributed by atoms with Crippen LogP contribution in [0.25, 0.3) is 11.0 Å². The van der Waals surface area contributed by atoms with E-state index in [0.717, 1.165) is 11.0 Å². The number of para-hydroxylation sites is 2. The number of rotatable bonds is 2. The number of nitrogens with two attached hydrogens (primary N) is 1. The molecule has 0 aliphatic heterocycles. The van der Waals surface area contributed by atoms with Crippen molar-refractivity contribution < 1.29 is 4.79 Å². The van der Waals surface area contributed by atoms with Crippen molar-refractivity contribution in [3.63, 3.8) is 0 Å². The van der Waals surface area contributed by atoms with Gasteiger partial charge in [0.05, 0.1) is 17.0 Å². The molecule has 1 unspecified atom stereocenters. The van der Waals surface area contributed by atoms with E-state index in [1.807, 2.05) is 24.3 Å². The number of amides is 1. The van der Waals surface area contributed by atoms with Crippen molar-refractivity contribution in [3.8, 4) is 0 Å². The number of aromatic amines is 1. The van der Waals surface area contributed by atoms with Gasteiger partial charge in [-0.05, 0) is 19.1 Å². The maximum absolute atomic E-state index is 10.9. The second-order valence-electron chi connectivity index (χ2n) is 3.26. The highest BCUT2D eigenvalue weighted by Gasteiger charge is 2.15. The number of primary amides is 1. The molecule has 0 saturated heterocycles. The summed E-state index contributed by atoms with van der Waals surface area (Å²) in [5.41, 5.74) is 6.97. The molecule has 0 saturated carbocycles. The van der Waals surface area contributed by atoms with Crippen LogP contribution in [0.2, 0.25) is 0 Å². The van der Waals surface area contributed by atoms with Crippen LogP contribution in [0.3, 0.4) is 0 Å². The number of carbonyl (C=O) groups is 1. The molecule has 1 amide bonds. The highest BCUT2D eigenvalue weighted by atomic mass is 16.1. The molecule has 4 heteroatoms. The first-order valence-corrected chi connectivity index (χ1v) is 4.42. The SMILES string of the molecule is CC(C(N)=O)c1nc2ccccc2[nH]1. The highest BCUT2D eigenvalue weighted by Crippen LogP contribution is 2.16. The molecule has 0 spiro atoms. The van der Waals surface area contributed by atoms with Gasteiger partial charge in [0.15, 0.2) is 0 Å². The number of hydrogen-bond acceptors (Lipinski definition) is 2. The predicted molar refractivity (Wildman–Crippen MR) is 53.7 cm³/mol. The summed E-state index contributed by atoms with van der Waals surface area (Å²) < 4.78 is 0. The van der Waals surface area contributed by atoms with Crippen LogP contribution in [0.5, 0.6) is 0 Å². The molecule has 1 aromatic heterocycles. The molecule has 1 aromatic carbocycles. The van der Waals surface area contributed by atoms with E-state index in [0.29, 0.717) is 5.82 Å². The van der Waals surface area contributed by atoms with E-state index in [-0.39, 0.29) is 11.8 Å². The lowest BCUT2D eigenvalue weighted by atomic mass is 10.1. The predicted octanol–water partition coefficient (Wildman–Crippen LogP) is 1.15. The van der Waals surface area contributed by atoms with Crippen LogP contribution < -0.4 is 5.73 Å². The van der Waals surface area contributed by atoms with Crippen molar-refractivity contribution in [1.82, 2.24) is 9.97 Å². The number of hydrogen-bond donors (Lipinski definition) is 2. The normalized spacial score (nSPS) is 12.9. The molecule has 1 heterocycles. The van der Waals surface area contributed by atoms with Gasteiger partial charge in [0.25, 0.3) is 0 Å². The van der Waals surface area contributed by atoms with Crippen LogP contribution in [-0.4, -0.2) is 15.9 Å². The molecule has 0 aliphatic rings. The van der Waals surface area contributed by atoms with E-state index in [4.69, 9.17) is 5.73 Å². The Morgan fingerprint density at radius 2 is 2.21 bits per heavy atom. The molecule has 0 radical (unpaired) electrons. The van der Waals surface area contributed by atoms with E-state index in [1.54, 1.807) is 6.92 Å². The summed E-state index contributed by atoms with van der Waals surface area (Å²) in [6, 6.07) is 7.63. The minimum absolute atomic E-state index is 0.371. The first-order valence-electron chi connectivity index (χ1n) is 4.42. The van der Waals surface area contributed by atoms with E-state index in [1.165, 1.54) is 0 Å². The Morgan fingerprint density at radius 1 is 1.50 bits per heavy atom. The minimum atomic E-state index is -0.373. The molecule has 2 rings (SSSR count). The van der Waals surface area contributed by atoms with Crippen LogP contribution in [0, 0.1) is 0 Å². The van der Waals surface area contributed by atoms with E-state index in [2.05, 4.69) is 9.97 Å². The van der Waals surface area contributed by atoms with Crippen LogP contribution in [0.15, 0.2) is 24.3 Å². The van der Waals surface area contributed by atoms with Gasteiger partial charge < -0.3 is 10.7 Å². The van der Waals surface area contributed by atoms with E-state index < -0.39 is 0 Å². The second-order valence-corrected chi connectivity index (χ2v) is 3.26. The van der Waals surface area contributed by atoms with Gasteiger partial charge in [-0.15, -0.1) is 0 Å². The summed E-state index contributed by atoms with van der Waals surface area (Å²) in [5.74, 6) is -0.120. The number of nitrogens with one attached hydrogen (secondary N) is 1. The Morgan fingerprint density at radius 3 is 2.86 bits per heavy atom. The third-order valence-electron chi connectivity index (χ3n) is 2.24. The molecule has 4 nitrogen and oxygen atoms in total. The third-order valence-corrected chi connectivity index (χ3v) is 2.24. The average molecular weight is 189 g/mol. The largest absolute Gasteiger partial charge is 0.369 e. The van der Waals surface area contributed by atoms with Crippen molar-refractivity contribution in [2.24, 2.45) is 5.73 Å². The standard InChI is InChI=1S/C10H11N3O/c1-6(9(11)14)10-12-7-4-2-3-5-8(7)13-10/h2-6H,1H3,(H2,11,14)(H,12,13). The third kappa shape index (κ3) is 1.35. The summed E-state index contributed by atoms with van der Waals surface area (Å²) in [5, 5.41) is 0. The Balaban J connectivity index is 2.50. The quantitative estimate of drug-likeness (QED) is 0.743. The van der Waals surface area contributed by atoms with Crippen LogP contribution in [0.4, 0.5) is 0 Å². The maximum Gasteiger partial charge on any atom is 0.227 e. The summed E-state index contributed by atoms with van der Waals surface area (Å²) in [6.07, 6.45) is 0. The van der Waals surface area contributed by atoms with Crippen molar-refractivity contribution in [3.05, 3.63) is 30.1 Å². The summed E-state index contributed by atoms with van der Waals surface area (Å²) in [6.45, 7) is 1.74. The Hall–Kier alpha value is -1.84. The monoisotopic (exact) mass is 189 g/mol. The molecule has 3 N–H and O–H groups in total.